The van der Waals surface area contributed by atoms with Gasteiger partial charge in [0.15, 0.2) is 5.76 Å². The van der Waals surface area contributed by atoms with Gasteiger partial charge in [0.2, 0.25) is 0 Å². The summed E-state index contributed by atoms with van der Waals surface area (Å²) in [6.45, 7) is 3.08. The summed E-state index contributed by atoms with van der Waals surface area (Å²) in [5, 5.41) is 3.99. The molecule has 29 heavy (non-hydrogen) atoms. The van der Waals surface area contributed by atoms with E-state index in [1.807, 2.05) is 18.2 Å². The normalized spacial score (nSPS) is 16.1. The molecule has 1 aliphatic heterocycles. The molecule has 1 atom stereocenters. The second-order valence-electron chi connectivity index (χ2n) is 7.11. The largest absolute Gasteiger partial charge is 0.427 e. The van der Waals surface area contributed by atoms with Gasteiger partial charge in [-0.25, -0.2) is 4.79 Å². The van der Waals surface area contributed by atoms with E-state index in [2.05, 4.69) is 10.1 Å². The summed E-state index contributed by atoms with van der Waals surface area (Å²) < 4.78 is 16.1. The maximum absolute atomic E-state index is 12.9. The van der Waals surface area contributed by atoms with Crippen molar-refractivity contribution >= 4 is 5.91 Å². The lowest BCUT2D eigenvalue weighted by Gasteiger charge is -2.16. The molecule has 0 radical (unpaired) electrons. The number of aryl methyl sites for hydroxylation is 1. The number of aromatic nitrogens is 2. The fraction of sp³-hybridized carbons (Fsp3) is 0.333. The Labute approximate surface area is 167 Å². The van der Waals surface area contributed by atoms with Gasteiger partial charge >= 0.3 is 5.63 Å². The number of nitrogens with zero attached hydrogens (tertiary/aromatic N) is 3. The summed E-state index contributed by atoms with van der Waals surface area (Å²) in [5.74, 6) is 0.687. The first kappa shape index (κ1) is 19.1. The summed E-state index contributed by atoms with van der Waals surface area (Å²) >= 11 is 0. The molecule has 3 aromatic rings. The van der Waals surface area contributed by atoms with Crippen LogP contribution in [0, 0.1) is 6.92 Å². The van der Waals surface area contributed by atoms with E-state index in [-0.39, 0.29) is 18.0 Å². The van der Waals surface area contributed by atoms with Crippen LogP contribution in [0.2, 0.25) is 0 Å². The molecule has 1 unspecified atom stereocenters. The molecular weight excluding hydrogens is 374 g/mol. The van der Waals surface area contributed by atoms with Crippen molar-refractivity contribution in [2.75, 3.05) is 20.3 Å². The zero-order valence-corrected chi connectivity index (χ0v) is 16.3. The Morgan fingerprint density at radius 2 is 2.14 bits per heavy atom. The Kier molecular flexibility index (Phi) is 5.26. The van der Waals surface area contributed by atoms with Crippen LogP contribution < -0.4 is 5.63 Å². The molecule has 1 amide bonds. The van der Waals surface area contributed by atoms with Crippen molar-refractivity contribution in [1.29, 1.82) is 0 Å². The molecule has 0 N–H and O–H groups in total. The highest BCUT2D eigenvalue weighted by molar-refractivity contribution is 5.94. The van der Waals surface area contributed by atoms with Gasteiger partial charge in [-0.3, -0.25) is 9.78 Å². The zero-order chi connectivity index (χ0) is 20.4. The number of rotatable bonds is 5. The van der Waals surface area contributed by atoms with Crippen LogP contribution in [0.5, 0.6) is 0 Å². The third-order valence-corrected chi connectivity index (χ3v) is 4.94. The second kappa shape index (κ2) is 8.00. The van der Waals surface area contributed by atoms with Crippen molar-refractivity contribution in [3.63, 3.8) is 0 Å². The Morgan fingerprint density at radius 1 is 1.28 bits per heavy atom. The zero-order valence-electron chi connectivity index (χ0n) is 16.3. The van der Waals surface area contributed by atoms with Crippen molar-refractivity contribution in [3.8, 4) is 11.4 Å². The Balaban J connectivity index is 1.51. The first-order chi connectivity index (χ1) is 14.0. The van der Waals surface area contributed by atoms with Crippen LogP contribution in [0.4, 0.5) is 0 Å². The van der Waals surface area contributed by atoms with Gasteiger partial charge in [0.05, 0.1) is 18.8 Å². The molecule has 0 saturated carbocycles. The smallest absolute Gasteiger partial charge is 0.349 e. The Hall–Kier alpha value is -3.26. The van der Waals surface area contributed by atoms with E-state index in [0.717, 1.165) is 6.42 Å². The molecule has 1 fully saturated rings. The highest BCUT2D eigenvalue weighted by Crippen LogP contribution is 2.26. The van der Waals surface area contributed by atoms with E-state index >= 15 is 0 Å². The maximum Gasteiger partial charge on any atom is 0.349 e. The number of carbonyl (C=O) groups excluding carboxylic acids is 1. The average molecular weight is 395 g/mol. The van der Waals surface area contributed by atoms with Crippen LogP contribution in [-0.2, 0) is 11.3 Å². The highest BCUT2D eigenvalue weighted by Gasteiger charge is 2.26. The van der Waals surface area contributed by atoms with Crippen LogP contribution in [0.15, 0.2) is 50.3 Å². The van der Waals surface area contributed by atoms with Gasteiger partial charge < -0.3 is 18.6 Å². The monoisotopic (exact) mass is 395 g/mol. The van der Waals surface area contributed by atoms with Crippen LogP contribution in [0.25, 0.3) is 11.4 Å². The first-order valence-corrected chi connectivity index (χ1v) is 9.38. The molecule has 8 heteroatoms. The lowest BCUT2D eigenvalue weighted by molar-refractivity contribution is 0.0766. The summed E-state index contributed by atoms with van der Waals surface area (Å²) in [6.07, 6.45) is 2.47. The second-order valence-corrected chi connectivity index (χ2v) is 7.11. The number of ether oxygens (including phenoxy) is 1. The van der Waals surface area contributed by atoms with Gasteiger partial charge in [0, 0.05) is 31.8 Å². The molecule has 0 aromatic carbocycles. The summed E-state index contributed by atoms with van der Waals surface area (Å²) in [6, 6.07) is 8.98. The van der Waals surface area contributed by atoms with Crippen LogP contribution in [-0.4, -0.2) is 41.2 Å². The number of amides is 1. The highest BCUT2D eigenvalue weighted by atomic mass is 16.5. The molecule has 0 spiro atoms. The molecule has 4 rings (SSSR count). The van der Waals surface area contributed by atoms with Gasteiger partial charge in [-0.05, 0) is 37.1 Å². The molecule has 4 heterocycles. The fourth-order valence-corrected chi connectivity index (χ4v) is 3.37. The van der Waals surface area contributed by atoms with Crippen molar-refractivity contribution < 1.29 is 18.5 Å². The molecule has 1 saturated heterocycles. The first-order valence-electron chi connectivity index (χ1n) is 9.38. The number of carbonyl (C=O) groups is 1. The molecule has 1 aliphatic rings. The van der Waals surface area contributed by atoms with Gasteiger partial charge in [-0.1, -0.05) is 11.2 Å². The van der Waals surface area contributed by atoms with E-state index in [1.165, 1.54) is 4.90 Å². The number of hydrogen-bond acceptors (Lipinski definition) is 7. The Morgan fingerprint density at radius 3 is 2.83 bits per heavy atom. The number of pyridine rings is 1. The van der Waals surface area contributed by atoms with E-state index < -0.39 is 11.5 Å². The molecule has 150 valence electrons. The molecule has 0 bridgehead atoms. The quantitative estimate of drug-likeness (QED) is 0.655. The van der Waals surface area contributed by atoms with E-state index in [9.17, 15) is 9.59 Å². The van der Waals surface area contributed by atoms with Crippen molar-refractivity contribution in [2.45, 2.75) is 25.8 Å². The van der Waals surface area contributed by atoms with Crippen LogP contribution in [0.3, 0.4) is 0 Å². The topological polar surface area (TPSA) is 98.7 Å². The van der Waals surface area contributed by atoms with Crippen molar-refractivity contribution in [1.82, 2.24) is 15.0 Å². The predicted octanol–water partition coefficient (Wildman–Crippen LogP) is 2.77. The third kappa shape index (κ3) is 3.97. The fourth-order valence-electron chi connectivity index (χ4n) is 3.37. The van der Waals surface area contributed by atoms with E-state index in [1.54, 1.807) is 32.3 Å². The van der Waals surface area contributed by atoms with Crippen LogP contribution in [0.1, 0.15) is 39.8 Å². The summed E-state index contributed by atoms with van der Waals surface area (Å²) in [4.78, 5) is 31.0. The van der Waals surface area contributed by atoms with Crippen molar-refractivity contribution in [3.05, 3.63) is 69.6 Å². The lowest BCUT2D eigenvalue weighted by Crippen LogP contribution is -2.31. The van der Waals surface area contributed by atoms with Crippen LogP contribution >= 0.6 is 0 Å². The van der Waals surface area contributed by atoms with Gasteiger partial charge in [-0.15, -0.1) is 0 Å². The average Bonchev–Trinajstić information content (AvgIpc) is 3.40. The maximum atomic E-state index is 12.9. The minimum absolute atomic E-state index is 0.0274. The van der Waals surface area contributed by atoms with E-state index in [0.29, 0.717) is 41.7 Å². The predicted molar refractivity (Wildman–Crippen MR) is 103 cm³/mol. The number of hydrogen-bond donors (Lipinski definition) is 0. The summed E-state index contributed by atoms with van der Waals surface area (Å²) in [7, 11) is 1.60. The van der Waals surface area contributed by atoms with Gasteiger partial charge in [0.1, 0.15) is 17.0 Å². The van der Waals surface area contributed by atoms with Crippen molar-refractivity contribution in [2.24, 2.45) is 0 Å². The standard InChI is InChI=1S/C21H21N3O5/c1-13-9-18(14-6-8-27-12-14)28-21(26)19(13)20(25)24(2)11-15-10-17(23-29-15)16-5-3-4-7-22-16/h3-5,7,9-10,14H,6,8,11-12H2,1-2H3. The van der Waals surface area contributed by atoms with Gasteiger partial charge in [0.25, 0.3) is 5.91 Å². The molecular formula is C21H21N3O5. The minimum Gasteiger partial charge on any atom is -0.427 e. The summed E-state index contributed by atoms with van der Waals surface area (Å²) in [5.41, 5.74) is 1.25. The van der Waals surface area contributed by atoms with E-state index in [4.69, 9.17) is 13.7 Å². The molecule has 3 aromatic heterocycles. The van der Waals surface area contributed by atoms with Gasteiger partial charge in [-0.2, -0.15) is 0 Å². The minimum atomic E-state index is -0.629. The Bertz CT molecular complexity index is 1070. The molecule has 8 nitrogen and oxygen atoms in total. The lowest BCUT2D eigenvalue weighted by atomic mass is 10.0. The molecule has 0 aliphatic carbocycles. The SMILES string of the molecule is Cc1cc(C2CCOC2)oc(=O)c1C(=O)N(C)Cc1cc(-c2ccccn2)no1. The third-order valence-electron chi connectivity index (χ3n) is 4.94.